The fourth-order valence-electron chi connectivity index (χ4n) is 2.35. The summed E-state index contributed by atoms with van der Waals surface area (Å²) in [4.78, 5) is 14.4. The average Bonchev–Trinajstić information content (AvgIpc) is 2.65. The monoisotopic (exact) mass is 386 g/mol. The van der Waals surface area contributed by atoms with Crippen molar-refractivity contribution in [1.29, 1.82) is 5.26 Å². The number of para-hydroxylation sites is 1. The summed E-state index contributed by atoms with van der Waals surface area (Å²) in [6.45, 7) is 1.12. The molecule has 0 aliphatic heterocycles. The van der Waals surface area contributed by atoms with E-state index in [1.54, 1.807) is 24.3 Å². The zero-order valence-corrected chi connectivity index (χ0v) is 16.1. The first-order chi connectivity index (χ1) is 12.8. The minimum atomic E-state index is -3.61. The highest BCUT2D eigenvalue weighted by molar-refractivity contribution is 7.89. The van der Waals surface area contributed by atoms with Gasteiger partial charge in [-0.25, -0.2) is 13.1 Å². The van der Waals surface area contributed by atoms with Crippen LogP contribution in [0.15, 0.2) is 53.4 Å². The van der Waals surface area contributed by atoms with Crippen molar-refractivity contribution in [2.24, 2.45) is 0 Å². The molecule has 2 aromatic carbocycles. The number of rotatable bonds is 8. The van der Waals surface area contributed by atoms with Crippen molar-refractivity contribution in [2.75, 3.05) is 32.5 Å². The Labute approximate surface area is 159 Å². The van der Waals surface area contributed by atoms with Gasteiger partial charge in [-0.15, -0.1) is 0 Å². The molecular weight excluding hydrogens is 364 g/mol. The van der Waals surface area contributed by atoms with Crippen LogP contribution in [0.3, 0.4) is 0 Å². The molecule has 0 atom stereocenters. The summed E-state index contributed by atoms with van der Waals surface area (Å²) in [5.74, 6) is -0.416. The molecule has 0 fully saturated rings. The Morgan fingerprint density at radius 1 is 1.11 bits per heavy atom. The van der Waals surface area contributed by atoms with E-state index in [0.717, 1.165) is 6.54 Å². The Bertz CT molecular complexity index is 932. The molecular formula is C19H22N4O3S. The fraction of sp³-hybridized carbons (Fsp3) is 0.263. The van der Waals surface area contributed by atoms with Gasteiger partial charge in [0.25, 0.3) is 5.91 Å². The van der Waals surface area contributed by atoms with Gasteiger partial charge < -0.3 is 10.2 Å². The number of benzene rings is 2. The number of anilines is 1. The minimum absolute atomic E-state index is 0.0985. The third-order valence-electron chi connectivity index (χ3n) is 3.80. The molecule has 0 aliphatic rings. The van der Waals surface area contributed by atoms with E-state index in [1.807, 2.05) is 25.1 Å². The molecule has 0 spiro atoms. The van der Waals surface area contributed by atoms with Crippen molar-refractivity contribution >= 4 is 21.6 Å². The summed E-state index contributed by atoms with van der Waals surface area (Å²) in [5.41, 5.74) is 1.06. The number of amides is 1. The van der Waals surface area contributed by atoms with Crippen LogP contribution in [0.25, 0.3) is 0 Å². The van der Waals surface area contributed by atoms with Crippen LogP contribution in [0, 0.1) is 11.3 Å². The maximum Gasteiger partial charge on any atom is 0.255 e. The predicted molar refractivity (Wildman–Crippen MR) is 104 cm³/mol. The lowest BCUT2D eigenvalue weighted by Gasteiger charge is -2.11. The standard InChI is InChI=1S/C19H22N4O3S/c1-23(2)13-5-12-21-27(25,26)17-10-8-15(9-11-17)19(24)22-18-7-4-3-6-16(18)14-20/h3-4,6-11,21H,5,12-13H2,1-2H3,(H,22,24). The van der Waals surface area contributed by atoms with Gasteiger partial charge in [-0.3, -0.25) is 4.79 Å². The number of hydrogen-bond acceptors (Lipinski definition) is 5. The first-order valence-corrected chi connectivity index (χ1v) is 9.87. The molecule has 0 heterocycles. The molecule has 0 aromatic heterocycles. The number of nitriles is 1. The third-order valence-corrected chi connectivity index (χ3v) is 5.27. The maximum atomic E-state index is 12.3. The van der Waals surface area contributed by atoms with Gasteiger partial charge >= 0.3 is 0 Å². The molecule has 2 rings (SSSR count). The van der Waals surface area contributed by atoms with Crippen molar-refractivity contribution in [3.8, 4) is 6.07 Å². The zero-order chi connectivity index (χ0) is 19.9. The van der Waals surface area contributed by atoms with Crippen LogP contribution in [0.2, 0.25) is 0 Å². The van der Waals surface area contributed by atoms with Gasteiger partial charge in [0.15, 0.2) is 0 Å². The molecule has 0 bridgehead atoms. The van der Waals surface area contributed by atoms with Gasteiger partial charge in [0.1, 0.15) is 6.07 Å². The number of nitrogens with one attached hydrogen (secondary N) is 2. The van der Waals surface area contributed by atoms with E-state index in [0.29, 0.717) is 29.8 Å². The maximum absolute atomic E-state index is 12.3. The summed E-state index contributed by atoms with van der Waals surface area (Å²) in [5, 5.41) is 11.7. The van der Waals surface area contributed by atoms with Crippen LogP contribution in [-0.2, 0) is 10.0 Å². The Kier molecular flexibility index (Phi) is 7.07. The lowest BCUT2D eigenvalue weighted by Crippen LogP contribution is -2.27. The summed E-state index contributed by atoms with van der Waals surface area (Å²) >= 11 is 0. The summed E-state index contributed by atoms with van der Waals surface area (Å²) in [6, 6.07) is 14.3. The van der Waals surface area contributed by atoms with Crippen LogP contribution in [0.1, 0.15) is 22.3 Å². The van der Waals surface area contributed by atoms with E-state index in [1.165, 1.54) is 24.3 Å². The van der Waals surface area contributed by atoms with Gasteiger partial charge in [0, 0.05) is 12.1 Å². The van der Waals surface area contributed by atoms with E-state index in [9.17, 15) is 13.2 Å². The van der Waals surface area contributed by atoms with E-state index < -0.39 is 15.9 Å². The molecule has 0 saturated carbocycles. The lowest BCUT2D eigenvalue weighted by molar-refractivity contribution is 0.102. The van der Waals surface area contributed by atoms with Gasteiger partial charge in [-0.05, 0) is 63.5 Å². The second-order valence-corrected chi connectivity index (χ2v) is 7.96. The zero-order valence-electron chi connectivity index (χ0n) is 15.3. The van der Waals surface area contributed by atoms with E-state index in [4.69, 9.17) is 5.26 Å². The van der Waals surface area contributed by atoms with Gasteiger partial charge in [0.2, 0.25) is 10.0 Å². The highest BCUT2D eigenvalue weighted by atomic mass is 32.2. The second-order valence-electron chi connectivity index (χ2n) is 6.19. The predicted octanol–water partition coefficient (Wildman–Crippen LogP) is 2.04. The van der Waals surface area contributed by atoms with Gasteiger partial charge in [-0.2, -0.15) is 5.26 Å². The Morgan fingerprint density at radius 3 is 2.41 bits per heavy atom. The average molecular weight is 386 g/mol. The van der Waals surface area contributed by atoms with Crippen LogP contribution in [-0.4, -0.2) is 46.4 Å². The molecule has 0 unspecified atom stereocenters. The Morgan fingerprint density at radius 2 is 1.78 bits per heavy atom. The number of hydrogen-bond donors (Lipinski definition) is 2. The smallest absolute Gasteiger partial charge is 0.255 e. The molecule has 27 heavy (non-hydrogen) atoms. The topological polar surface area (TPSA) is 102 Å². The van der Waals surface area contributed by atoms with Crippen molar-refractivity contribution in [2.45, 2.75) is 11.3 Å². The molecule has 0 radical (unpaired) electrons. The lowest BCUT2D eigenvalue weighted by atomic mass is 10.1. The minimum Gasteiger partial charge on any atom is -0.321 e. The normalized spacial score (nSPS) is 11.2. The molecule has 8 heteroatoms. The first kappa shape index (κ1) is 20.6. The highest BCUT2D eigenvalue weighted by Gasteiger charge is 2.15. The summed E-state index contributed by atoms with van der Waals surface area (Å²) < 4.78 is 27.1. The number of sulfonamides is 1. The highest BCUT2D eigenvalue weighted by Crippen LogP contribution is 2.16. The number of carbonyl (C=O) groups is 1. The van der Waals surface area contributed by atoms with Crippen LogP contribution >= 0.6 is 0 Å². The van der Waals surface area contributed by atoms with Crippen molar-refractivity contribution < 1.29 is 13.2 Å². The molecule has 142 valence electrons. The Hall–Kier alpha value is -2.73. The Balaban J connectivity index is 2.03. The summed E-state index contributed by atoms with van der Waals surface area (Å²) in [6.07, 6.45) is 0.699. The van der Waals surface area contributed by atoms with Crippen molar-refractivity contribution in [1.82, 2.24) is 9.62 Å². The van der Waals surface area contributed by atoms with Crippen LogP contribution < -0.4 is 10.0 Å². The number of carbonyl (C=O) groups excluding carboxylic acids is 1. The molecule has 2 aromatic rings. The second kappa shape index (κ2) is 9.28. The molecule has 7 nitrogen and oxygen atoms in total. The quantitative estimate of drug-likeness (QED) is 0.676. The SMILES string of the molecule is CN(C)CCCNS(=O)(=O)c1ccc(C(=O)Nc2ccccc2C#N)cc1. The van der Waals surface area contributed by atoms with Crippen LogP contribution in [0.4, 0.5) is 5.69 Å². The van der Waals surface area contributed by atoms with Crippen molar-refractivity contribution in [3.63, 3.8) is 0 Å². The van der Waals surface area contributed by atoms with Crippen LogP contribution in [0.5, 0.6) is 0 Å². The molecule has 0 aliphatic carbocycles. The summed E-state index contributed by atoms with van der Waals surface area (Å²) in [7, 11) is 0.234. The number of nitrogens with zero attached hydrogens (tertiary/aromatic N) is 2. The van der Waals surface area contributed by atoms with Crippen molar-refractivity contribution in [3.05, 3.63) is 59.7 Å². The first-order valence-electron chi connectivity index (χ1n) is 8.38. The van der Waals surface area contributed by atoms with E-state index >= 15 is 0 Å². The largest absolute Gasteiger partial charge is 0.321 e. The fourth-order valence-corrected chi connectivity index (χ4v) is 3.43. The van der Waals surface area contributed by atoms with E-state index in [-0.39, 0.29) is 4.90 Å². The molecule has 0 saturated heterocycles. The third kappa shape index (κ3) is 5.89. The van der Waals surface area contributed by atoms with Gasteiger partial charge in [-0.1, -0.05) is 12.1 Å². The molecule has 2 N–H and O–H groups in total. The van der Waals surface area contributed by atoms with Gasteiger partial charge in [0.05, 0.1) is 16.1 Å². The molecule has 1 amide bonds. The van der Waals surface area contributed by atoms with E-state index in [2.05, 4.69) is 10.0 Å².